The molecule has 0 aromatic heterocycles. The number of fused-ring (bicyclic) bond motifs is 1. The lowest BCUT2D eigenvalue weighted by Gasteiger charge is -2.04. The average molecular weight is 170 g/mol. The third-order valence-electron chi connectivity index (χ3n) is 1.99. The van der Waals surface area contributed by atoms with Crippen LogP contribution >= 0.6 is 0 Å². The van der Waals surface area contributed by atoms with Gasteiger partial charge in [0.05, 0.1) is 0 Å². The molecular formula is C12H10O. The highest BCUT2D eigenvalue weighted by molar-refractivity contribution is 5.71. The van der Waals surface area contributed by atoms with Gasteiger partial charge in [-0.2, -0.15) is 0 Å². The van der Waals surface area contributed by atoms with E-state index in [1.807, 2.05) is 48.6 Å². The Kier molecular flexibility index (Phi) is 2.01. The first kappa shape index (κ1) is 7.87. The van der Waals surface area contributed by atoms with Crippen molar-refractivity contribution in [3.63, 3.8) is 0 Å². The van der Waals surface area contributed by atoms with Gasteiger partial charge in [-0.25, -0.2) is 0 Å². The van der Waals surface area contributed by atoms with Crippen molar-refractivity contribution < 1.29 is 5.11 Å². The molecule has 64 valence electrons. The lowest BCUT2D eigenvalue weighted by Crippen LogP contribution is -1.82. The molecule has 0 spiro atoms. The fourth-order valence-corrected chi connectivity index (χ4v) is 1.34. The second kappa shape index (κ2) is 3.31. The van der Waals surface area contributed by atoms with Crippen LogP contribution in [0.4, 0.5) is 0 Å². The molecule has 1 nitrogen and oxygen atoms in total. The number of allylic oxidation sites excluding steroid dienone is 4. The van der Waals surface area contributed by atoms with Gasteiger partial charge in [-0.3, -0.25) is 0 Å². The first-order chi connectivity index (χ1) is 6.38. The Morgan fingerprint density at radius 3 is 2.46 bits per heavy atom. The van der Waals surface area contributed by atoms with Crippen LogP contribution in [0.5, 0.6) is 5.75 Å². The molecule has 0 unspecified atom stereocenters. The van der Waals surface area contributed by atoms with Gasteiger partial charge >= 0.3 is 0 Å². The second-order valence-corrected chi connectivity index (χ2v) is 2.88. The van der Waals surface area contributed by atoms with Crippen LogP contribution in [0.25, 0.3) is 12.2 Å². The molecule has 0 radical (unpaired) electrons. The predicted octanol–water partition coefficient (Wildman–Crippen LogP) is 2.99. The van der Waals surface area contributed by atoms with Gasteiger partial charge in [-0.05, 0) is 11.6 Å². The molecule has 1 aliphatic rings. The zero-order valence-electron chi connectivity index (χ0n) is 7.14. The third kappa shape index (κ3) is 1.54. The maximum Gasteiger partial charge on any atom is 0.123 e. The number of rotatable bonds is 0. The Morgan fingerprint density at radius 1 is 0.846 bits per heavy atom. The van der Waals surface area contributed by atoms with Crippen LogP contribution in [0, 0.1) is 0 Å². The molecule has 2 rings (SSSR count). The fourth-order valence-electron chi connectivity index (χ4n) is 1.34. The molecule has 0 fully saturated rings. The van der Waals surface area contributed by atoms with E-state index in [0.29, 0.717) is 5.75 Å². The van der Waals surface area contributed by atoms with E-state index >= 15 is 0 Å². The van der Waals surface area contributed by atoms with E-state index in [2.05, 4.69) is 0 Å². The van der Waals surface area contributed by atoms with Crippen LogP contribution in [0.3, 0.4) is 0 Å². The van der Waals surface area contributed by atoms with Gasteiger partial charge in [-0.15, -0.1) is 0 Å². The molecule has 0 bridgehead atoms. The summed E-state index contributed by atoms with van der Waals surface area (Å²) >= 11 is 0. The zero-order valence-corrected chi connectivity index (χ0v) is 7.14. The zero-order chi connectivity index (χ0) is 9.10. The third-order valence-corrected chi connectivity index (χ3v) is 1.99. The quantitative estimate of drug-likeness (QED) is 0.634. The monoisotopic (exact) mass is 170 g/mol. The normalized spacial score (nSPS) is 20.9. The van der Waals surface area contributed by atoms with E-state index in [9.17, 15) is 5.11 Å². The minimum Gasteiger partial charge on any atom is -0.507 e. The van der Waals surface area contributed by atoms with Crippen LogP contribution in [0.1, 0.15) is 11.1 Å². The summed E-state index contributed by atoms with van der Waals surface area (Å²) in [5.41, 5.74) is 1.92. The van der Waals surface area contributed by atoms with Crippen molar-refractivity contribution in [3.05, 3.63) is 53.6 Å². The van der Waals surface area contributed by atoms with Crippen LogP contribution < -0.4 is 0 Å². The molecule has 0 heterocycles. The SMILES string of the molecule is Oc1cccc2c1\C=C/C=C\C=C/2. The van der Waals surface area contributed by atoms with Gasteiger partial charge in [0.1, 0.15) is 5.75 Å². The smallest absolute Gasteiger partial charge is 0.123 e. The van der Waals surface area contributed by atoms with Crippen molar-refractivity contribution in [2.75, 3.05) is 0 Å². The van der Waals surface area contributed by atoms with E-state index in [1.54, 1.807) is 6.07 Å². The summed E-state index contributed by atoms with van der Waals surface area (Å²) < 4.78 is 0. The average Bonchev–Trinajstić information content (AvgIpc) is 2.07. The summed E-state index contributed by atoms with van der Waals surface area (Å²) in [4.78, 5) is 0. The summed E-state index contributed by atoms with van der Waals surface area (Å²) in [5.74, 6) is 0.328. The largest absolute Gasteiger partial charge is 0.507 e. The summed E-state index contributed by atoms with van der Waals surface area (Å²) in [7, 11) is 0. The fraction of sp³-hybridized carbons (Fsp3) is 0. The number of phenolic OH excluding ortho intramolecular Hbond substituents is 1. The molecule has 0 aliphatic heterocycles. The van der Waals surface area contributed by atoms with E-state index in [0.717, 1.165) is 11.1 Å². The van der Waals surface area contributed by atoms with Gasteiger partial charge in [-0.1, -0.05) is 48.6 Å². The van der Waals surface area contributed by atoms with E-state index in [4.69, 9.17) is 0 Å². The summed E-state index contributed by atoms with van der Waals surface area (Å²) in [6, 6.07) is 5.52. The molecule has 0 saturated heterocycles. The molecular weight excluding hydrogens is 160 g/mol. The highest BCUT2D eigenvalue weighted by Crippen LogP contribution is 2.24. The molecule has 1 heteroatoms. The lowest BCUT2D eigenvalue weighted by molar-refractivity contribution is 0.474. The number of aromatic hydroxyl groups is 1. The Morgan fingerprint density at radius 2 is 1.62 bits per heavy atom. The van der Waals surface area contributed by atoms with Gasteiger partial charge in [0, 0.05) is 5.56 Å². The van der Waals surface area contributed by atoms with Gasteiger partial charge in [0.25, 0.3) is 0 Å². The van der Waals surface area contributed by atoms with Crippen LogP contribution in [0.15, 0.2) is 42.5 Å². The highest BCUT2D eigenvalue weighted by Gasteiger charge is 2.01. The molecule has 13 heavy (non-hydrogen) atoms. The van der Waals surface area contributed by atoms with E-state index < -0.39 is 0 Å². The maximum absolute atomic E-state index is 9.56. The van der Waals surface area contributed by atoms with Crippen molar-refractivity contribution in [2.24, 2.45) is 0 Å². The molecule has 1 aliphatic carbocycles. The second-order valence-electron chi connectivity index (χ2n) is 2.88. The Bertz CT molecular complexity index is 398. The predicted molar refractivity (Wildman–Crippen MR) is 55.3 cm³/mol. The van der Waals surface area contributed by atoms with Crippen LogP contribution in [0.2, 0.25) is 0 Å². The highest BCUT2D eigenvalue weighted by atomic mass is 16.3. The Balaban J connectivity index is 2.62. The van der Waals surface area contributed by atoms with Crippen molar-refractivity contribution >= 4 is 12.2 Å². The molecule has 0 amide bonds. The standard InChI is InChI=1S/C12H10O/c13-12-9-5-7-10-6-3-1-2-4-8-11(10)12/h1-9,13H/b2-1-,3-1?,4-2?,6-3-,8-4-,10-6?,11-8?. The molecule has 0 saturated carbocycles. The molecule has 0 atom stereocenters. The van der Waals surface area contributed by atoms with E-state index in [1.165, 1.54) is 0 Å². The summed E-state index contributed by atoms with van der Waals surface area (Å²) in [5, 5.41) is 9.56. The molecule has 1 N–H and O–H groups in total. The van der Waals surface area contributed by atoms with E-state index in [-0.39, 0.29) is 0 Å². The number of phenols is 1. The van der Waals surface area contributed by atoms with Crippen molar-refractivity contribution in [1.82, 2.24) is 0 Å². The maximum atomic E-state index is 9.56. The Hall–Kier alpha value is -1.76. The number of hydrogen-bond acceptors (Lipinski definition) is 1. The van der Waals surface area contributed by atoms with Gasteiger partial charge in [0.15, 0.2) is 0 Å². The number of benzene rings is 1. The molecule has 1 aromatic carbocycles. The number of hydrogen-bond donors (Lipinski definition) is 1. The van der Waals surface area contributed by atoms with Gasteiger partial charge < -0.3 is 5.11 Å². The van der Waals surface area contributed by atoms with Gasteiger partial charge in [0.2, 0.25) is 0 Å². The van der Waals surface area contributed by atoms with Crippen LogP contribution in [-0.2, 0) is 0 Å². The van der Waals surface area contributed by atoms with Crippen molar-refractivity contribution in [2.45, 2.75) is 0 Å². The Labute approximate surface area is 77.3 Å². The minimum absolute atomic E-state index is 0.328. The lowest BCUT2D eigenvalue weighted by atomic mass is 10.0. The van der Waals surface area contributed by atoms with Crippen molar-refractivity contribution in [3.8, 4) is 5.75 Å². The summed E-state index contributed by atoms with van der Waals surface area (Å²) in [6.07, 6.45) is 11.7. The first-order valence-corrected chi connectivity index (χ1v) is 4.21. The van der Waals surface area contributed by atoms with Crippen LogP contribution in [-0.4, -0.2) is 5.11 Å². The minimum atomic E-state index is 0.328. The topological polar surface area (TPSA) is 20.2 Å². The summed E-state index contributed by atoms with van der Waals surface area (Å²) in [6.45, 7) is 0. The first-order valence-electron chi connectivity index (χ1n) is 4.21. The van der Waals surface area contributed by atoms with Crippen molar-refractivity contribution in [1.29, 1.82) is 0 Å². The molecule has 1 aromatic rings.